The molecule has 1 fully saturated rings. The Labute approximate surface area is 84.0 Å². The van der Waals surface area contributed by atoms with Gasteiger partial charge in [0.1, 0.15) is 0 Å². The molecule has 0 saturated carbocycles. The molecule has 1 amide bonds. The lowest BCUT2D eigenvalue weighted by molar-refractivity contribution is -0.123. The molecule has 2 unspecified atom stereocenters. The molecule has 0 spiro atoms. The lowest BCUT2D eigenvalue weighted by Crippen LogP contribution is -2.46. The number of carbonyl (C=O) groups is 1. The molecule has 1 saturated heterocycles. The second kappa shape index (κ2) is 5.50. The average Bonchev–Trinajstić information content (AvgIpc) is 2.18. The van der Waals surface area contributed by atoms with Crippen LogP contribution in [0.2, 0.25) is 0 Å². The Bertz CT molecular complexity index is 169. The van der Waals surface area contributed by atoms with Crippen molar-refractivity contribution in [2.75, 3.05) is 18.6 Å². The van der Waals surface area contributed by atoms with Crippen LogP contribution >= 0.6 is 11.8 Å². The summed E-state index contributed by atoms with van der Waals surface area (Å²) < 4.78 is 0. The highest BCUT2D eigenvalue weighted by Gasteiger charge is 2.18. The van der Waals surface area contributed by atoms with Crippen molar-refractivity contribution in [2.45, 2.75) is 31.8 Å². The number of likely N-dealkylation sites (N-methyl/N-ethyl adjacent to an activating group) is 1. The van der Waals surface area contributed by atoms with Crippen LogP contribution in [-0.2, 0) is 4.79 Å². The van der Waals surface area contributed by atoms with Crippen LogP contribution in [0, 0.1) is 0 Å². The van der Waals surface area contributed by atoms with Gasteiger partial charge in [-0.3, -0.25) is 4.79 Å². The molecule has 3 nitrogen and oxygen atoms in total. The van der Waals surface area contributed by atoms with Crippen LogP contribution in [0.1, 0.15) is 19.8 Å². The minimum absolute atomic E-state index is 0.0769. The van der Waals surface area contributed by atoms with Gasteiger partial charge < -0.3 is 10.6 Å². The predicted octanol–water partition coefficient (Wildman–Crippen LogP) is 0.606. The van der Waals surface area contributed by atoms with Gasteiger partial charge in [-0.05, 0) is 32.6 Å². The number of hydrogen-bond donors (Lipinski definition) is 2. The molecule has 1 aliphatic rings. The highest BCUT2D eigenvalue weighted by atomic mass is 32.2. The monoisotopic (exact) mass is 202 g/mol. The summed E-state index contributed by atoms with van der Waals surface area (Å²) in [5.41, 5.74) is 0. The first-order valence-corrected chi connectivity index (χ1v) is 5.95. The molecule has 4 heteroatoms. The van der Waals surface area contributed by atoms with E-state index in [1.165, 1.54) is 12.2 Å². The number of amides is 1. The number of rotatable bonds is 3. The van der Waals surface area contributed by atoms with Crippen molar-refractivity contribution in [3.8, 4) is 0 Å². The van der Waals surface area contributed by atoms with E-state index in [2.05, 4.69) is 10.6 Å². The van der Waals surface area contributed by atoms with Gasteiger partial charge in [0.15, 0.2) is 0 Å². The summed E-state index contributed by atoms with van der Waals surface area (Å²) in [5.74, 6) is 2.44. The molecule has 0 aliphatic carbocycles. The van der Waals surface area contributed by atoms with Gasteiger partial charge in [-0.1, -0.05) is 0 Å². The number of hydrogen-bond acceptors (Lipinski definition) is 3. The first-order valence-electron chi connectivity index (χ1n) is 4.79. The average molecular weight is 202 g/mol. The van der Waals surface area contributed by atoms with E-state index >= 15 is 0 Å². The van der Waals surface area contributed by atoms with E-state index in [-0.39, 0.29) is 11.9 Å². The lowest BCUT2D eigenvalue weighted by Gasteiger charge is -2.23. The van der Waals surface area contributed by atoms with Gasteiger partial charge in [-0.25, -0.2) is 0 Å². The largest absolute Gasteiger partial charge is 0.351 e. The lowest BCUT2D eigenvalue weighted by atomic mass is 10.1. The number of nitrogens with one attached hydrogen (secondary N) is 2. The van der Waals surface area contributed by atoms with Crippen molar-refractivity contribution in [1.29, 1.82) is 0 Å². The Kier molecular flexibility index (Phi) is 4.59. The Balaban J connectivity index is 2.26. The molecule has 0 aromatic heterocycles. The van der Waals surface area contributed by atoms with Crippen molar-refractivity contribution in [1.82, 2.24) is 10.6 Å². The standard InChI is InChI=1S/C9H18N2OS/c1-7(10-2)9(12)11-8-4-3-5-13-6-8/h7-8,10H,3-6H2,1-2H3,(H,11,12). The predicted molar refractivity (Wildman–Crippen MR) is 57.0 cm³/mol. The summed E-state index contributed by atoms with van der Waals surface area (Å²) in [6.07, 6.45) is 2.36. The molecule has 2 atom stereocenters. The molecule has 0 aromatic carbocycles. The van der Waals surface area contributed by atoms with E-state index < -0.39 is 0 Å². The van der Waals surface area contributed by atoms with E-state index in [1.54, 1.807) is 7.05 Å². The van der Waals surface area contributed by atoms with Gasteiger partial charge in [-0.15, -0.1) is 0 Å². The Morgan fingerprint density at radius 3 is 2.92 bits per heavy atom. The fourth-order valence-corrected chi connectivity index (χ4v) is 2.38. The molecule has 0 aromatic rings. The van der Waals surface area contributed by atoms with Crippen LogP contribution in [0.25, 0.3) is 0 Å². The van der Waals surface area contributed by atoms with Crippen LogP contribution in [0.5, 0.6) is 0 Å². The summed E-state index contributed by atoms with van der Waals surface area (Å²) in [6.45, 7) is 1.88. The fraction of sp³-hybridized carbons (Fsp3) is 0.889. The normalized spacial score (nSPS) is 25.2. The molecular weight excluding hydrogens is 184 g/mol. The van der Waals surface area contributed by atoms with Gasteiger partial charge in [0.2, 0.25) is 5.91 Å². The van der Waals surface area contributed by atoms with Gasteiger partial charge >= 0.3 is 0 Å². The third-order valence-electron chi connectivity index (χ3n) is 2.33. The van der Waals surface area contributed by atoms with Crippen LogP contribution in [0.15, 0.2) is 0 Å². The van der Waals surface area contributed by atoms with E-state index in [0.717, 1.165) is 12.2 Å². The summed E-state index contributed by atoms with van der Waals surface area (Å²) >= 11 is 1.93. The Hall–Kier alpha value is -0.220. The van der Waals surface area contributed by atoms with E-state index in [0.29, 0.717) is 6.04 Å². The van der Waals surface area contributed by atoms with E-state index in [1.807, 2.05) is 18.7 Å². The third kappa shape index (κ3) is 3.56. The highest BCUT2D eigenvalue weighted by Crippen LogP contribution is 2.16. The van der Waals surface area contributed by atoms with Crippen molar-refractivity contribution >= 4 is 17.7 Å². The zero-order valence-electron chi connectivity index (χ0n) is 8.30. The summed E-state index contributed by atoms with van der Waals surface area (Å²) in [6, 6.07) is 0.314. The highest BCUT2D eigenvalue weighted by molar-refractivity contribution is 7.99. The van der Waals surface area contributed by atoms with Crippen molar-refractivity contribution in [3.05, 3.63) is 0 Å². The SMILES string of the molecule is CNC(C)C(=O)NC1CCCSC1. The summed E-state index contributed by atoms with van der Waals surface area (Å²) in [4.78, 5) is 11.5. The maximum absolute atomic E-state index is 11.5. The molecule has 13 heavy (non-hydrogen) atoms. The fourth-order valence-electron chi connectivity index (χ4n) is 1.31. The van der Waals surface area contributed by atoms with Crippen LogP contribution in [0.4, 0.5) is 0 Å². The maximum Gasteiger partial charge on any atom is 0.237 e. The molecule has 0 radical (unpaired) electrons. The Morgan fingerprint density at radius 2 is 2.38 bits per heavy atom. The minimum atomic E-state index is -0.0769. The van der Waals surface area contributed by atoms with Crippen LogP contribution in [0.3, 0.4) is 0 Å². The number of thioether (sulfide) groups is 1. The maximum atomic E-state index is 11.5. The molecule has 76 valence electrons. The zero-order chi connectivity index (χ0) is 9.68. The summed E-state index contributed by atoms with van der Waals surface area (Å²) in [7, 11) is 1.81. The van der Waals surface area contributed by atoms with Crippen molar-refractivity contribution < 1.29 is 4.79 Å². The first kappa shape index (κ1) is 10.9. The second-order valence-corrected chi connectivity index (χ2v) is 4.58. The Morgan fingerprint density at radius 1 is 1.62 bits per heavy atom. The van der Waals surface area contributed by atoms with Gasteiger partial charge in [0.25, 0.3) is 0 Å². The molecule has 2 N–H and O–H groups in total. The van der Waals surface area contributed by atoms with Crippen molar-refractivity contribution in [3.63, 3.8) is 0 Å². The van der Waals surface area contributed by atoms with Gasteiger partial charge in [0, 0.05) is 11.8 Å². The second-order valence-electron chi connectivity index (χ2n) is 3.43. The molecule has 1 rings (SSSR count). The summed E-state index contributed by atoms with van der Waals surface area (Å²) in [5, 5.41) is 5.98. The van der Waals surface area contributed by atoms with Crippen molar-refractivity contribution in [2.24, 2.45) is 0 Å². The number of carbonyl (C=O) groups excluding carboxylic acids is 1. The third-order valence-corrected chi connectivity index (χ3v) is 3.55. The van der Waals surface area contributed by atoms with Crippen LogP contribution in [-0.4, -0.2) is 36.5 Å². The molecule has 1 aliphatic heterocycles. The molecule has 0 bridgehead atoms. The quantitative estimate of drug-likeness (QED) is 0.704. The van der Waals surface area contributed by atoms with Crippen LogP contribution < -0.4 is 10.6 Å². The smallest absolute Gasteiger partial charge is 0.237 e. The van der Waals surface area contributed by atoms with Gasteiger partial charge in [-0.2, -0.15) is 11.8 Å². The first-order chi connectivity index (χ1) is 6.24. The molecular formula is C9H18N2OS. The molecule has 1 heterocycles. The minimum Gasteiger partial charge on any atom is -0.351 e. The zero-order valence-corrected chi connectivity index (χ0v) is 9.12. The topological polar surface area (TPSA) is 41.1 Å². The van der Waals surface area contributed by atoms with Gasteiger partial charge in [0.05, 0.1) is 6.04 Å². The van der Waals surface area contributed by atoms with E-state index in [4.69, 9.17) is 0 Å². The van der Waals surface area contributed by atoms with E-state index in [9.17, 15) is 4.79 Å².